The third kappa shape index (κ3) is 1.11. The van der Waals surface area contributed by atoms with Crippen molar-refractivity contribution in [3.8, 4) is 11.8 Å². The molecule has 0 heterocycles. The molecule has 68 valence electrons. The van der Waals surface area contributed by atoms with E-state index in [1.165, 1.54) is 0 Å². The van der Waals surface area contributed by atoms with Crippen LogP contribution in [0.25, 0.3) is 10.8 Å². The number of aromatic hydroxyl groups is 1. The van der Waals surface area contributed by atoms with Gasteiger partial charge in [0.1, 0.15) is 5.75 Å². The van der Waals surface area contributed by atoms with Crippen molar-refractivity contribution < 1.29 is 5.11 Å². The summed E-state index contributed by atoms with van der Waals surface area (Å²) in [5.74, 6) is 0.264. The molecule has 0 aliphatic rings. The topological polar surface area (TPSA) is 44.0 Å². The lowest BCUT2D eigenvalue weighted by Gasteiger charge is -2.05. The first-order chi connectivity index (χ1) is 6.74. The molecule has 0 bridgehead atoms. The molecule has 0 saturated heterocycles. The minimum atomic E-state index is 0.264. The van der Waals surface area contributed by atoms with Crippen LogP contribution in [-0.2, 0) is 0 Å². The minimum Gasteiger partial charge on any atom is -0.507 e. The fourth-order valence-corrected chi connectivity index (χ4v) is 1.59. The molecule has 0 aliphatic carbocycles. The third-order valence-electron chi connectivity index (χ3n) is 2.33. The van der Waals surface area contributed by atoms with E-state index in [1.54, 1.807) is 13.0 Å². The van der Waals surface area contributed by atoms with Gasteiger partial charge in [-0.05, 0) is 18.6 Å². The normalized spacial score (nSPS) is 10.0. The van der Waals surface area contributed by atoms with Crippen molar-refractivity contribution in [2.45, 2.75) is 6.92 Å². The predicted octanol–water partition coefficient (Wildman–Crippen LogP) is 2.73. The monoisotopic (exact) mass is 183 g/mol. The zero-order chi connectivity index (χ0) is 10.1. The highest BCUT2D eigenvalue weighted by molar-refractivity contribution is 5.93. The Morgan fingerprint density at radius 1 is 1.21 bits per heavy atom. The summed E-state index contributed by atoms with van der Waals surface area (Å²) in [6, 6.07) is 11.2. The van der Waals surface area contributed by atoms with Crippen LogP contribution in [0.4, 0.5) is 0 Å². The highest BCUT2D eigenvalue weighted by Gasteiger charge is 2.06. The highest BCUT2D eigenvalue weighted by Crippen LogP contribution is 2.30. The lowest BCUT2D eigenvalue weighted by molar-refractivity contribution is 0.477. The molecule has 0 radical (unpaired) electrons. The van der Waals surface area contributed by atoms with Gasteiger partial charge in [-0.15, -0.1) is 0 Å². The van der Waals surface area contributed by atoms with Gasteiger partial charge in [-0.25, -0.2) is 0 Å². The Morgan fingerprint density at radius 2 is 1.86 bits per heavy atom. The van der Waals surface area contributed by atoms with Gasteiger partial charge in [0.15, 0.2) is 0 Å². The molecule has 2 nitrogen and oxygen atoms in total. The van der Waals surface area contributed by atoms with Gasteiger partial charge in [-0.2, -0.15) is 5.26 Å². The first kappa shape index (κ1) is 8.58. The molecule has 0 saturated carbocycles. The van der Waals surface area contributed by atoms with E-state index >= 15 is 0 Å². The van der Waals surface area contributed by atoms with Gasteiger partial charge in [0.2, 0.25) is 0 Å². The van der Waals surface area contributed by atoms with Gasteiger partial charge in [0, 0.05) is 10.8 Å². The molecule has 0 aliphatic heterocycles. The Morgan fingerprint density at radius 3 is 2.50 bits per heavy atom. The predicted molar refractivity (Wildman–Crippen MR) is 55.1 cm³/mol. The average Bonchev–Trinajstić information content (AvgIpc) is 2.23. The van der Waals surface area contributed by atoms with E-state index < -0.39 is 0 Å². The zero-order valence-corrected chi connectivity index (χ0v) is 7.78. The number of phenols is 1. The fourth-order valence-electron chi connectivity index (χ4n) is 1.59. The molecule has 0 amide bonds. The Labute approximate surface area is 82.0 Å². The fraction of sp³-hybridized carbons (Fsp3) is 0.0833. The second-order valence-corrected chi connectivity index (χ2v) is 3.25. The first-order valence-electron chi connectivity index (χ1n) is 4.35. The molecule has 0 spiro atoms. The summed E-state index contributed by atoms with van der Waals surface area (Å²) in [4.78, 5) is 0. The maximum absolute atomic E-state index is 9.77. The summed E-state index contributed by atoms with van der Waals surface area (Å²) in [6.07, 6.45) is 0. The number of rotatable bonds is 0. The lowest BCUT2D eigenvalue weighted by Crippen LogP contribution is -1.84. The van der Waals surface area contributed by atoms with E-state index in [4.69, 9.17) is 5.26 Å². The van der Waals surface area contributed by atoms with Crippen molar-refractivity contribution in [2.75, 3.05) is 0 Å². The van der Waals surface area contributed by atoms with Crippen molar-refractivity contribution in [3.05, 3.63) is 41.5 Å². The maximum Gasteiger partial charge on any atom is 0.126 e. The Kier molecular flexibility index (Phi) is 1.86. The van der Waals surface area contributed by atoms with Crippen LogP contribution in [0.15, 0.2) is 30.3 Å². The third-order valence-corrected chi connectivity index (χ3v) is 2.33. The van der Waals surface area contributed by atoms with Gasteiger partial charge >= 0.3 is 0 Å². The molecule has 0 atom stereocenters. The van der Waals surface area contributed by atoms with Crippen molar-refractivity contribution in [2.24, 2.45) is 0 Å². The largest absolute Gasteiger partial charge is 0.507 e. The van der Waals surface area contributed by atoms with E-state index in [-0.39, 0.29) is 5.75 Å². The standard InChI is InChI=1S/C12H9NO/c1-8-6-9(7-13)10-4-2-3-5-11(10)12(8)14/h2-6,14H,1H3. The van der Waals surface area contributed by atoms with Crippen LogP contribution in [0.2, 0.25) is 0 Å². The van der Waals surface area contributed by atoms with Crippen LogP contribution in [0.5, 0.6) is 5.75 Å². The maximum atomic E-state index is 9.77. The smallest absolute Gasteiger partial charge is 0.126 e. The molecular weight excluding hydrogens is 174 g/mol. The SMILES string of the molecule is Cc1cc(C#N)c2ccccc2c1O. The molecule has 0 unspecified atom stereocenters. The highest BCUT2D eigenvalue weighted by atomic mass is 16.3. The number of nitriles is 1. The number of phenolic OH excluding ortho intramolecular Hbond substituents is 1. The van der Waals surface area contributed by atoms with Crippen LogP contribution >= 0.6 is 0 Å². The van der Waals surface area contributed by atoms with E-state index in [1.807, 2.05) is 24.3 Å². The molecule has 2 rings (SSSR count). The van der Waals surface area contributed by atoms with E-state index in [0.29, 0.717) is 5.56 Å². The minimum absolute atomic E-state index is 0.264. The zero-order valence-electron chi connectivity index (χ0n) is 7.78. The Hall–Kier alpha value is -2.01. The second-order valence-electron chi connectivity index (χ2n) is 3.25. The summed E-state index contributed by atoms with van der Waals surface area (Å²) >= 11 is 0. The van der Waals surface area contributed by atoms with Crippen LogP contribution < -0.4 is 0 Å². The number of aryl methyl sites for hydroxylation is 1. The van der Waals surface area contributed by atoms with E-state index in [0.717, 1.165) is 16.3 Å². The number of benzene rings is 2. The van der Waals surface area contributed by atoms with Crippen molar-refractivity contribution in [1.82, 2.24) is 0 Å². The summed E-state index contributed by atoms with van der Waals surface area (Å²) in [6.45, 7) is 1.79. The summed E-state index contributed by atoms with van der Waals surface area (Å²) in [7, 11) is 0. The molecule has 2 heteroatoms. The number of nitrogens with zero attached hydrogens (tertiary/aromatic N) is 1. The van der Waals surface area contributed by atoms with Crippen LogP contribution in [-0.4, -0.2) is 5.11 Å². The molecule has 2 aromatic rings. The molecule has 1 N–H and O–H groups in total. The Balaban J connectivity index is 2.99. The second kappa shape index (κ2) is 3.04. The molecule has 2 aromatic carbocycles. The van der Waals surface area contributed by atoms with E-state index in [9.17, 15) is 5.11 Å². The molecular formula is C12H9NO. The van der Waals surface area contributed by atoms with Gasteiger partial charge in [0.25, 0.3) is 0 Å². The van der Waals surface area contributed by atoms with Crippen molar-refractivity contribution in [3.63, 3.8) is 0 Å². The van der Waals surface area contributed by atoms with Crippen LogP contribution in [0.3, 0.4) is 0 Å². The molecule has 14 heavy (non-hydrogen) atoms. The van der Waals surface area contributed by atoms with Crippen LogP contribution in [0, 0.1) is 18.3 Å². The molecule has 0 aromatic heterocycles. The average molecular weight is 183 g/mol. The first-order valence-corrected chi connectivity index (χ1v) is 4.35. The molecule has 0 fully saturated rings. The summed E-state index contributed by atoms with van der Waals surface area (Å²) in [5, 5.41) is 20.2. The van der Waals surface area contributed by atoms with Gasteiger partial charge in [-0.3, -0.25) is 0 Å². The van der Waals surface area contributed by atoms with E-state index in [2.05, 4.69) is 6.07 Å². The number of hydrogen-bond acceptors (Lipinski definition) is 2. The quantitative estimate of drug-likeness (QED) is 0.682. The van der Waals surface area contributed by atoms with Gasteiger partial charge in [-0.1, -0.05) is 24.3 Å². The number of fused-ring (bicyclic) bond motifs is 1. The summed E-state index contributed by atoms with van der Waals surface area (Å²) in [5.41, 5.74) is 1.34. The lowest BCUT2D eigenvalue weighted by atomic mass is 10.0. The van der Waals surface area contributed by atoms with Gasteiger partial charge in [0.05, 0.1) is 11.6 Å². The number of hydrogen-bond donors (Lipinski definition) is 1. The van der Waals surface area contributed by atoms with Crippen molar-refractivity contribution >= 4 is 10.8 Å². The van der Waals surface area contributed by atoms with Crippen LogP contribution in [0.1, 0.15) is 11.1 Å². The Bertz CT molecular complexity index is 538. The van der Waals surface area contributed by atoms with Gasteiger partial charge < -0.3 is 5.11 Å². The summed E-state index contributed by atoms with van der Waals surface area (Å²) < 4.78 is 0. The van der Waals surface area contributed by atoms with Crippen molar-refractivity contribution in [1.29, 1.82) is 5.26 Å².